The Bertz CT molecular complexity index is 478. The fourth-order valence-electron chi connectivity index (χ4n) is 2.41. The Hall–Kier alpha value is -1.23. The summed E-state index contributed by atoms with van der Waals surface area (Å²) in [5.74, 6) is 1.73. The van der Waals surface area contributed by atoms with Crippen LogP contribution in [0.3, 0.4) is 0 Å². The fourth-order valence-corrected chi connectivity index (χ4v) is 3.08. The molecule has 0 aliphatic carbocycles. The summed E-state index contributed by atoms with van der Waals surface area (Å²) >= 11 is 3.63. The molecule has 0 saturated carbocycles. The molecule has 1 saturated heterocycles. The number of rotatable bonds is 4. The first kappa shape index (κ1) is 15.2. The third-order valence-electron chi connectivity index (χ3n) is 3.53. The minimum absolute atomic E-state index is 0.213. The second kappa shape index (κ2) is 6.97. The molecule has 1 fully saturated rings. The van der Waals surface area contributed by atoms with Crippen LogP contribution in [0.2, 0.25) is 0 Å². The Labute approximate surface area is 128 Å². The number of carbonyl (C=O) groups is 1. The largest absolute Gasteiger partial charge is 0.497 e. The Kier molecular flexibility index (Phi) is 5.29. The van der Waals surface area contributed by atoms with E-state index in [1.54, 1.807) is 14.2 Å². The van der Waals surface area contributed by atoms with Crippen LogP contribution in [0, 0.1) is 0 Å². The van der Waals surface area contributed by atoms with Crippen molar-refractivity contribution in [2.45, 2.75) is 30.6 Å². The number of hydrogen-bond acceptors (Lipinski definition) is 3. The van der Waals surface area contributed by atoms with Crippen molar-refractivity contribution in [1.29, 1.82) is 0 Å². The van der Waals surface area contributed by atoms with Crippen LogP contribution in [-0.4, -0.2) is 36.4 Å². The number of carbonyl (C=O) groups excluding carboxylic acids is 1. The number of benzene rings is 1. The highest BCUT2D eigenvalue weighted by Gasteiger charge is 2.22. The second-order valence-corrected chi connectivity index (χ2v) is 6.24. The maximum atomic E-state index is 12.1. The molecule has 1 aromatic carbocycles. The summed E-state index contributed by atoms with van der Waals surface area (Å²) in [4.78, 5) is 14.4. The third kappa shape index (κ3) is 3.66. The Morgan fingerprint density at radius 2 is 2.15 bits per heavy atom. The molecule has 1 atom stereocenters. The van der Waals surface area contributed by atoms with Gasteiger partial charge in [0.05, 0.1) is 14.2 Å². The topological polar surface area (TPSA) is 38.8 Å². The molecule has 4 nitrogen and oxygen atoms in total. The SMILES string of the molecule is COc1ccc(CN2C[C@H](Br)CCCC2=O)c(OC)c1. The van der Waals surface area contributed by atoms with E-state index in [9.17, 15) is 4.79 Å². The lowest BCUT2D eigenvalue weighted by molar-refractivity contribution is -0.131. The monoisotopic (exact) mass is 341 g/mol. The van der Waals surface area contributed by atoms with Crippen molar-refractivity contribution in [3.63, 3.8) is 0 Å². The maximum Gasteiger partial charge on any atom is 0.222 e. The first-order valence-electron chi connectivity index (χ1n) is 6.76. The van der Waals surface area contributed by atoms with Gasteiger partial charge >= 0.3 is 0 Å². The van der Waals surface area contributed by atoms with Gasteiger partial charge in [-0.05, 0) is 25.0 Å². The van der Waals surface area contributed by atoms with Gasteiger partial charge < -0.3 is 14.4 Å². The molecule has 0 bridgehead atoms. The van der Waals surface area contributed by atoms with Gasteiger partial charge in [-0.2, -0.15) is 0 Å². The molecule has 1 aliphatic rings. The van der Waals surface area contributed by atoms with Gasteiger partial charge in [-0.15, -0.1) is 0 Å². The predicted molar refractivity (Wildman–Crippen MR) is 81.5 cm³/mol. The van der Waals surface area contributed by atoms with Gasteiger partial charge in [0.2, 0.25) is 5.91 Å². The summed E-state index contributed by atoms with van der Waals surface area (Å²) in [7, 11) is 3.26. The van der Waals surface area contributed by atoms with Gasteiger partial charge in [0, 0.05) is 36.0 Å². The average Bonchev–Trinajstić information content (AvgIpc) is 2.61. The summed E-state index contributed by atoms with van der Waals surface area (Å²) in [6, 6.07) is 5.70. The summed E-state index contributed by atoms with van der Waals surface area (Å²) in [6.45, 7) is 1.32. The molecule has 110 valence electrons. The van der Waals surface area contributed by atoms with E-state index < -0.39 is 0 Å². The normalized spacial score (nSPS) is 19.6. The van der Waals surface area contributed by atoms with Crippen LogP contribution >= 0.6 is 15.9 Å². The van der Waals surface area contributed by atoms with Crippen LogP contribution in [0.25, 0.3) is 0 Å². The Balaban J connectivity index is 2.17. The van der Waals surface area contributed by atoms with Gasteiger partial charge in [0.1, 0.15) is 11.5 Å². The lowest BCUT2D eigenvalue weighted by Crippen LogP contribution is -2.32. The van der Waals surface area contributed by atoms with Gasteiger partial charge in [-0.1, -0.05) is 15.9 Å². The highest BCUT2D eigenvalue weighted by molar-refractivity contribution is 9.09. The maximum absolute atomic E-state index is 12.1. The number of amides is 1. The molecule has 2 rings (SSSR count). The lowest BCUT2D eigenvalue weighted by Gasteiger charge is -2.23. The van der Waals surface area contributed by atoms with Crippen molar-refractivity contribution in [1.82, 2.24) is 4.90 Å². The third-order valence-corrected chi connectivity index (χ3v) is 4.28. The van der Waals surface area contributed by atoms with Crippen molar-refractivity contribution >= 4 is 21.8 Å². The zero-order chi connectivity index (χ0) is 14.5. The Morgan fingerprint density at radius 1 is 1.35 bits per heavy atom. The number of nitrogens with zero attached hydrogens (tertiary/aromatic N) is 1. The van der Waals surface area contributed by atoms with Crippen molar-refractivity contribution in [2.24, 2.45) is 0 Å². The highest BCUT2D eigenvalue weighted by atomic mass is 79.9. The van der Waals surface area contributed by atoms with Gasteiger partial charge in [0.15, 0.2) is 0 Å². The highest BCUT2D eigenvalue weighted by Crippen LogP contribution is 2.27. The second-order valence-electron chi connectivity index (χ2n) is 4.94. The van der Waals surface area contributed by atoms with Crippen LogP contribution in [0.5, 0.6) is 11.5 Å². The first-order valence-corrected chi connectivity index (χ1v) is 7.68. The van der Waals surface area contributed by atoms with Crippen LogP contribution in [0.4, 0.5) is 0 Å². The zero-order valence-corrected chi connectivity index (χ0v) is 13.5. The van der Waals surface area contributed by atoms with Crippen LogP contribution in [0.15, 0.2) is 18.2 Å². The molecule has 0 N–H and O–H groups in total. The van der Waals surface area contributed by atoms with Crippen molar-refractivity contribution in [3.05, 3.63) is 23.8 Å². The number of ether oxygens (including phenoxy) is 2. The smallest absolute Gasteiger partial charge is 0.222 e. The van der Waals surface area contributed by atoms with E-state index in [-0.39, 0.29) is 5.91 Å². The van der Waals surface area contributed by atoms with Crippen LogP contribution in [0.1, 0.15) is 24.8 Å². The predicted octanol–water partition coefficient (Wildman–Crippen LogP) is 2.98. The minimum atomic E-state index is 0.213. The number of methoxy groups -OCH3 is 2. The van der Waals surface area contributed by atoms with E-state index in [0.717, 1.165) is 36.4 Å². The van der Waals surface area contributed by atoms with E-state index in [1.165, 1.54) is 0 Å². The fraction of sp³-hybridized carbons (Fsp3) is 0.533. The van der Waals surface area contributed by atoms with E-state index in [1.807, 2.05) is 23.1 Å². The summed E-state index contributed by atoms with van der Waals surface area (Å²) in [5, 5.41) is 0. The number of hydrogen-bond donors (Lipinski definition) is 0. The van der Waals surface area contributed by atoms with Gasteiger partial charge in [0.25, 0.3) is 0 Å². The quantitative estimate of drug-likeness (QED) is 0.790. The van der Waals surface area contributed by atoms with Gasteiger partial charge in [-0.3, -0.25) is 4.79 Å². The summed E-state index contributed by atoms with van der Waals surface area (Å²) < 4.78 is 10.6. The van der Waals surface area contributed by atoms with Crippen molar-refractivity contribution < 1.29 is 14.3 Å². The molecule has 0 unspecified atom stereocenters. The molecule has 1 heterocycles. The summed E-state index contributed by atoms with van der Waals surface area (Å²) in [5.41, 5.74) is 1.00. The van der Waals surface area contributed by atoms with E-state index in [2.05, 4.69) is 15.9 Å². The molecule has 0 radical (unpaired) electrons. The molecular formula is C15H20BrNO3. The lowest BCUT2D eigenvalue weighted by atomic mass is 10.1. The van der Waals surface area contributed by atoms with E-state index >= 15 is 0 Å². The van der Waals surface area contributed by atoms with Crippen LogP contribution in [-0.2, 0) is 11.3 Å². The summed E-state index contributed by atoms with van der Waals surface area (Å²) in [6.07, 6.45) is 2.62. The molecule has 5 heteroatoms. The minimum Gasteiger partial charge on any atom is -0.497 e. The molecule has 1 amide bonds. The molecule has 20 heavy (non-hydrogen) atoms. The van der Waals surface area contributed by atoms with E-state index in [0.29, 0.717) is 17.8 Å². The average molecular weight is 342 g/mol. The van der Waals surface area contributed by atoms with Crippen molar-refractivity contribution in [2.75, 3.05) is 20.8 Å². The number of alkyl halides is 1. The molecule has 0 aromatic heterocycles. The zero-order valence-electron chi connectivity index (χ0n) is 11.9. The number of likely N-dealkylation sites (tertiary alicyclic amines) is 1. The van der Waals surface area contributed by atoms with Crippen molar-refractivity contribution in [3.8, 4) is 11.5 Å². The van der Waals surface area contributed by atoms with Gasteiger partial charge in [-0.25, -0.2) is 0 Å². The molecular weight excluding hydrogens is 322 g/mol. The standard InChI is InChI=1S/C15H20BrNO3/c1-19-13-7-6-11(14(8-13)20-2)9-17-10-12(16)4-3-5-15(17)18/h6-8,12H,3-5,9-10H2,1-2H3/t12-/m1/s1. The van der Waals surface area contributed by atoms with Crippen LogP contribution < -0.4 is 9.47 Å². The molecule has 1 aliphatic heterocycles. The first-order chi connectivity index (χ1) is 9.63. The van der Waals surface area contributed by atoms with E-state index in [4.69, 9.17) is 9.47 Å². The number of halogens is 1. The molecule has 0 spiro atoms. The molecule has 1 aromatic rings. The Morgan fingerprint density at radius 3 is 2.85 bits per heavy atom.